The van der Waals surface area contributed by atoms with Crippen LogP contribution in [-0.2, 0) is 11.3 Å². The molecule has 0 fully saturated rings. The van der Waals surface area contributed by atoms with Crippen molar-refractivity contribution in [3.8, 4) is 34.0 Å². The van der Waals surface area contributed by atoms with Crippen molar-refractivity contribution >= 4 is 17.7 Å². The van der Waals surface area contributed by atoms with Crippen molar-refractivity contribution in [3.63, 3.8) is 0 Å². The Kier molecular flexibility index (Phi) is 5.81. The third-order valence-corrected chi connectivity index (χ3v) is 5.93. The maximum Gasteiger partial charge on any atom is 0.231 e. The van der Waals surface area contributed by atoms with Gasteiger partial charge in [-0.3, -0.25) is 4.79 Å². The molecule has 1 aliphatic rings. The summed E-state index contributed by atoms with van der Waals surface area (Å²) in [5, 5.41) is 3.66. The van der Waals surface area contributed by atoms with Crippen LogP contribution < -0.4 is 14.8 Å². The normalized spacial score (nSPS) is 12.0. The van der Waals surface area contributed by atoms with E-state index in [9.17, 15) is 4.79 Å². The largest absolute Gasteiger partial charge is 0.454 e. The van der Waals surface area contributed by atoms with Crippen LogP contribution in [0.5, 0.6) is 11.5 Å². The van der Waals surface area contributed by atoms with E-state index in [2.05, 4.69) is 10.3 Å². The van der Waals surface area contributed by atoms with Gasteiger partial charge in [0.1, 0.15) is 0 Å². The van der Waals surface area contributed by atoms with E-state index < -0.39 is 0 Å². The molecular formula is C25H21N3O3S. The zero-order valence-electron chi connectivity index (χ0n) is 17.2. The van der Waals surface area contributed by atoms with E-state index in [1.807, 2.05) is 78.9 Å². The maximum absolute atomic E-state index is 12.4. The molecule has 0 unspecified atom stereocenters. The number of nitrogens with zero attached hydrogens (tertiary/aromatic N) is 1. The Bertz CT molecular complexity index is 1170. The number of thioether (sulfide) groups is 1. The van der Waals surface area contributed by atoms with Gasteiger partial charge < -0.3 is 19.8 Å². The monoisotopic (exact) mass is 443 g/mol. The Morgan fingerprint density at radius 1 is 0.938 bits per heavy atom. The molecule has 6 nitrogen and oxygen atoms in total. The van der Waals surface area contributed by atoms with Crippen molar-refractivity contribution in [3.05, 3.63) is 84.4 Å². The molecule has 160 valence electrons. The number of fused-ring (bicyclic) bond motifs is 1. The lowest BCUT2D eigenvalue weighted by Gasteiger charge is -2.05. The summed E-state index contributed by atoms with van der Waals surface area (Å²) in [5.41, 5.74) is 4.86. The van der Waals surface area contributed by atoms with Gasteiger partial charge in [-0.25, -0.2) is 4.98 Å². The van der Waals surface area contributed by atoms with Gasteiger partial charge >= 0.3 is 0 Å². The molecule has 0 bridgehead atoms. The van der Waals surface area contributed by atoms with Gasteiger partial charge in [0, 0.05) is 17.7 Å². The summed E-state index contributed by atoms with van der Waals surface area (Å²) < 4.78 is 10.7. The average Bonchev–Trinajstić information content (AvgIpc) is 3.49. The smallest absolute Gasteiger partial charge is 0.231 e. The molecule has 0 saturated heterocycles. The van der Waals surface area contributed by atoms with Crippen LogP contribution >= 0.6 is 11.8 Å². The van der Waals surface area contributed by atoms with Crippen molar-refractivity contribution in [2.75, 3.05) is 12.5 Å². The second kappa shape index (κ2) is 9.20. The van der Waals surface area contributed by atoms with Gasteiger partial charge in [0.2, 0.25) is 12.7 Å². The minimum atomic E-state index is -0.0633. The van der Waals surface area contributed by atoms with E-state index in [1.165, 1.54) is 11.8 Å². The first-order valence-electron chi connectivity index (χ1n) is 10.2. The van der Waals surface area contributed by atoms with Gasteiger partial charge in [0.15, 0.2) is 16.7 Å². The minimum absolute atomic E-state index is 0.0633. The van der Waals surface area contributed by atoms with Crippen LogP contribution in [0.25, 0.3) is 22.5 Å². The third-order valence-electron chi connectivity index (χ3n) is 5.06. The second-order valence-corrected chi connectivity index (χ2v) is 8.21. The molecule has 0 spiro atoms. The summed E-state index contributed by atoms with van der Waals surface area (Å²) >= 11 is 1.38. The Balaban J connectivity index is 1.26. The summed E-state index contributed by atoms with van der Waals surface area (Å²) in [7, 11) is 0. The van der Waals surface area contributed by atoms with Crippen LogP contribution in [-0.4, -0.2) is 28.4 Å². The molecule has 1 aliphatic heterocycles. The van der Waals surface area contributed by atoms with E-state index >= 15 is 0 Å². The lowest BCUT2D eigenvalue weighted by atomic mass is 10.1. The highest BCUT2D eigenvalue weighted by molar-refractivity contribution is 7.99. The van der Waals surface area contributed by atoms with Gasteiger partial charge in [-0.2, -0.15) is 0 Å². The highest BCUT2D eigenvalue weighted by Gasteiger charge is 2.16. The Morgan fingerprint density at radius 2 is 1.66 bits per heavy atom. The number of carbonyl (C=O) groups is 1. The van der Waals surface area contributed by atoms with Crippen LogP contribution in [0.1, 0.15) is 5.56 Å². The topological polar surface area (TPSA) is 76.2 Å². The zero-order valence-corrected chi connectivity index (χ0v) is 18.0. The molecule has 1 amide bonds. The van der Waals surface area contributed by atoms with E-state index in [4.69, 9.17) is 14.5 Å². The number of amides is 1. The van der Waals surface area contributed by atoms with Crippen LogP contribution in [0, 0.1) is 0 Å². The molecule has 0 aliphatic carbocycles. The number of nitrogens with one attached hydrogen (secondary N) is 2. The molecule has 32 heavy (non-hydrogen) atoms. The molecule has 2 heterocycles. The standard InChI is InChI=1S/C25H21N3O3S/c29-22(26-14-17-11-12-20-21(13-17)31-16-30-20)15-32-25-27-23(18-7-3-1-4-8-18)24(28-25)19-9-5-2-6-10-19/h1-13H,14-16H2,(H,26,29)(H,27,28). The minimum Gasteiger partial charge on any atom is -0.454 e. The Labute approximate surface area is 190 Å². The fraction of sp³-hybridized carbons (Fsp3) is 0.120. The Morgan fingerprint density at radius 3 is 2.44 bits per heavy atom. The molecule has 3 aromatic carbocycles. The summed E-state index contributed by atoms with van der Waals surface area (Å²) in [6.45, 7) is 0.666. The predicted octanol–water partition coefficient (Wildman–Crippen LogP) is 4.88. The molecule has 0 saturated carbocycles. The van der Waals surface area contributed by atoms with Crippen LogP contribution in [0.4, 0.5) is 0 Å². The van der Waals surface area contributed by atoms with Crippen molar-refractivity contribution in [2.24, 2.45) is 0 Å². The highest BCUT2D eigenvalue weighted by atomic mass is 32.2. The second-order valence-electron chi connectivity index (χ2n) is 7.25. The van der Waals surface area contributed by atoms with Crippen molar-refractivity contribution in [1.29, 1.82) is 0 Å². The molecule has 5 rings (SSSR count). The number of benzene rings is 3. The lowest BCUT2D eigenvalue weighted by molar-refractivity contribution is -0.118. The van der Waals surface area contributed by atoms with Gasteiger partial charge in [0.25, 0.3) is 0 Å². The first kappa shape index (κ1) is 20.2. The SMILES string of the molecule is O=C(CSc1nc(-c2ccccc2)c(-c2ccccc2)[nH]1)NCc1ccc2c(c1)OCO2. The number of rotatable bonds is 7. The first-order chi connectivity index (χ1) is 15.8. The summed E-state index contributed by atoms with van der Waals surface area (Å²) in [5.74, 6) is 1.65. The van der Waals surface area contributed by atoms with E-state index in [0.29, 0.717) is 17.5 Å². The molecular weight excluding hydrogens is 422 g/mol. The van der Waals surface area contributed by atoms with E-state index in [-0.39, 0.29) is 18.5 Å². The number of aromatic amines is 1. The molecule has 4 aromatic rings. The van der Waals surface area contributed by atoms with Crippen LogP contribution in [0.3, 0.4) is 0 Å². The lowest BCUT2D eigenvalue weighted by Crippen LogP contribution is -2.24. The van der Waals surface area contributed by atoms with E-state index in [1.54, 1.807) is 0 Å². The van der Waals surface area contributed by atoms with Crippen molar-refractivity contribution in [1.82, 2.24) is 15.3 Å². The molecule has 2 N–H and O–H groups in total. The fourth-order valence-corrected chi connectivity index (χ4v) is 4.17. The van der Waals surface area contributed by atoms with Gasteiger partial charge in [0.05, 0.1) is 17.1 Å². The Hall–Kier alpha value is -3.71. The number of carbonyl (C=O) groups excluding carboxylic acids is 1. The fourth-order valence-electron chi connectivity index (χ4n) is 3.48. The molecule has 0 atom stereocenters. The third kappa shape index (κ3) is 4.48. The summed E-state index contributed by atoms with van der Waals surface area (Å²) in [6, 6.07) is 25.8. The first-order valence-corrected chi connectivity index (χ1v) is 11.2. The quantitative estimate of drug-likeness (QED) is 0.398. The van der Waals surface area contributed by atoms with Crippen LogP contribution in [0.2, 0.25) is 0 Å². The van der Waals surface area contributed by atoms with Gasteiger partial charge in [-0.1, -0.05) is 78.5 Å². The average molecular weight is 444 g/mol. The molecule has 7 heteroatoms. The zero-order chi connectivity index (χ0) is 21.8. The summed E-state index contributed by atoms with van der Waals surface area (Å²) in [6.07, 6.45) is 0. The van der Waals surface area contributed by atoms with Crippen molar-refractivity contribution in [2.45, 2.75) is 11.7 Å². The number of imidazole rings is 1. The molecule has 1 aromatic heterocycles. The highest BCUT2D eigenvalue weighted by Crippen LogP contribution is 2.33. The predicted molar refractivity (Wildman–Crippen MR) is 125 cm³/mol. The number of hydrogen-bond acceptors (Lipinski definition) is 5. The summed E-state index contributed by atoms with van der Waals surface area (Å²) in [4.78, 5) is 20.6. The maximum atomic E-state index is 12.4. The number of hydrogen-bond donors (Lipinski definition) is 2. The number of ether oxygens (including phenoxy) is 2. The van der Waals surface area contributed by atoms with Gasteiger partial charge in [-0.15, -0.1) is 0 Å². The van der Waals surface area contributed by atoms with Crippen molar-refractivity contribution < 1.29 is 14.3 Å². The molecule has 0 radical (unpaired) electrons. The van der Waals surface area contributed by atoms with Gasteiger partial charge in [-0.05, 0) is 17.7 Å². The van der Waals surface area contributed by atoms with Crippen LogP contribution in [0.15, 0.2) is 84.0 Å². The number of H-pyrrole nitrogens is 1. The van der Waals surface area contributed by atoms with E-state index in [0.717, 1.165) is 33.8 Å². The number of aromatic nitrogens is 2.